The molecule has 0 heterocycles. The van der Waals surface area contributed by atoms with E-state index in [1.54, 1.807) is 0 Å². The van der Waals surface area contributed by atoms with Crippen molar-refractivity contribution in [2.75, 3.05) is 14.2 Å². The van der Waals surface area contributed by atoms with Crippen LogP contribution < -0.4 is 0 Å². The molecule has 2 fully saturated rings. The number of esters is 2. The Labute approximate surface area is 166 Å². The van der Waals surface area contributed by atoms with Gasteiger partial charge in [0.25, 0.3) is 0 Å². The normalized spacial score (nSPS) is 26.7. The summed E-state index contributed by atoms with van der Waals surface area (Å²) in [5, 5.41) is 0. The minimum atomic E-state index is -1.36. The zero-order valence-corrected chi connectivity index (χ0v) is 19.4. The minimum absolute atomic E-state index is 0.300. The Bertz CT molecular complexity index is 510. The molecule has 0 saturated heterocycles. The van der Waals surface area contributed by atoms with Gasteiger partial charge in [0.05, 0.1) is 22.3 Å². The molecule has 0 aliphatic heterocycles. The molecule has 1 spiro atoms. The van der Waals surface area contributed by atoms with Gasteiger partial charge in [-0.15, -0.1) is 0 Å². The van der Waals surface area contributed by atoms with Crippen LogP contribution in [0.4, 0.5) is 0 Å². The van der Waals surface area contributed by atoms with Crippen molar-refractivity contribution in [3.8, 4) is 0 Å². The van der Waals surface area contributed by atoms with Gasteiger partial charge in [-0.3, -0.25) is 9.59 Å². The highest BCUT2D eigenvalue weighted by atomic mass is 28.3. The Balaban J connectivity index is 2.54. The number of hydrogen-bond donors (Lipinski definition) is 0. The topological polar surface area (TPSA) is 52.6 Å². The third-order valence-electron chi connectivity index (χ3n) is 8.76. The number of hydrogen-bond acceptors (Lipinski definition) is 4. The van der Waals surface area contributed by atoms with E-state index in [0.717, 1.165) is 25.7 Å². The van der Waals surface area contributed by atoms with Crippen LogP contribution in [0.5, 0.6) is 0 Å². The SMILES string of the molecule is CC[Si](CC)(CC)C[C@@H]1CC(C(=O)OC)(C(=O)OC)C2(CCCCC2)[C@H]1C. The standard InChI is InChI=1S/C22H40O4Si/c1-7-27(8-2,9-3)16-18-15-22(19(23)25-5,20(24)26-6)21(17(18)4)13-11-10-12-14-21/h17-18H,7-16H2,1-6H3/t17-,18-/m0/s1. The predicted octanol–water partition coefficient (Wildman–Crippen LogP) is 5.43. The molecule has 27 heavy (non-hydrogen) atoms. The first-order valence-corrected chi connectivity index (χ1v) is 13.8. The van der Waals surface area contributed by atoms with Crippen LogP contribution in [0.3, 0.4) is 0 Å². The van der Waals surface area contributed by atoms with Crippen molar-refractivity contribution in [3.05, 3.63) is 0 Å². The van der Waals surface area contributed by atoms with Crippen molar-refractivity contribution in [2.45, 2.75) is 90.4 Å². The molecular formula is C22H40O4Si. The smallest absolute Gasteiger partial charge is 0.323 e. The lowest BCUT2D eigenvalue weighted by molar-refractivity contribution is -0.182. The molecule has 0 amide bonds. The van der Waals surface area contributed by atoms with Gasteiger partial charge >= 0.3 is 11.9 Å². The summed E-state index contributed by atoms with van der Waals surface area (Å²) in [6.45, 7) is 9.32. The fraction of sp³-hybridized carbons (Fsp3) is 0.909. The third-order valence-corrected chi connectivity index (χ3v) is 14.6. The molecule has 0 aromatic carbocycles. The maximum atomic E-state index is 13.2. The molecule has 2 aliphatic carbocycles. The second kappa shape index (κ2) is 8.67. The minimum Gasteiger partial charge on any atom is -0.468 e. The van der Waals surface area contributed by atoms with Crippen molar-refractivity contribution in [1.82, 2.24) is 0 Å². The molecular weight excluding hydrogens is 356 g/mol. The van der Waals surface area contributed by atoms with E-state index < -0.39 is 13.5 Å². The van der Waals surface area contributed by atoms with E-state index >= 15 is 0 Å². The Kier molecular flexibility index (Phi) is 7.20. The second-order valence-corrected chi connectivity index (χ2v) is 14.7. The summed E-state index contributed by atoms with van der Waals surface area (Å²) >= 11 is 0. The van der Waals surface area contributed by atoms with E-state index in [2.05, 4.69) is 27.7 Å². The zero-order valence-electron chi connectivity index (χ0n) is 18.4. The molecule has 0 aromatic rings. The summed E-state index contributed by atoms with van der Waals surface area (Å²) in [5.74, 6) is 0.0464. The molecule has 0 unspecified atom stereocenters. The van der Waals surface area contributed by atoms with Gasteiger partial charge < -0.3 is 9.47 Å². The first-order chi connectivity index (χ1) is 12.8. The highest BCUT2D eigenvalue weighted by molar-refractivity contribution is 6.79. The Morgan fingerprint density at radius 3 is 1.81 bits per heavy atom. The van der Waals surface area contributed by atoms with Crippen molar-refractivity contribution < 1.29 is 19.1 Å². The molecule has 156 valence electrons. The van der Waals surface area contributed by atoms with Crippen LogP contribution in [0.1, 0.15) is 66.2 Å². The van der Waals surface area contributed by atoms with Gasteiger partial charge in [0.15, 0.2) is 5.41 Å². The van der Waals surface area contributed by atoms with Crippen LogP contribution in [0.25, 0.3) is 0 Å². The lowest BCUT2D eigenvalue weighted by Gasteiger charge is -2.47. The van der Waals surface area contributed by atoms with E-state index in [-0.39, 0.29) is 17.4 Å². The average Bonchev–Trinajstić information content (AvgIpc) is 2.94. The van der Waals surface area contributed by atoms with Crippen molar-refractivity contribution in [2.24, 2.45) is 22.7 Å². The Morgan fingerprint density at radius 2 is 1.41 bits per heavy atom. The molecule has 2 saturated carbocycles. The number of carbonyl (C=O) groups excluding carboxylic acids is 2. The fourth-order valence-corrected chi connectivity index (χ4v) is 10.6. The predicted molar refractivity (Wildman–Crippen MR) is 111 cm³/mol. The molecule has 4 nitrogen and oxygen atoms in total. The molecule has 0 bridgehead atoms. The van der Waals surface area contributed by atoms with Crippen LogP contribution in [0, 0.1) is 22.7 Å². The van der Waals surface area contributed by atoms with Gasteiger partial charge in [-0.2, -0.15) is 0 Å². The van der Waals surface area contributed by atoms with Crippen LogP contribution >= 0.6 is 0 Å². The Hall–Kier alpha value is -0.843. The van der Waals surface area contributed by atoms with Gasteiger partial charge in [0.1, 0.15) is 0 Å². The lowest BCUT2D eigenvalue weighted by Crippen LogP contribution is -2.53. The fourth-order valence-electron chi connectivity index (χ4n) is 6.67. The van der Waals surface area contributed by atoms with Gasteiger partial charge in [-0.1, -0.05) is 71.1 Å². The maximum Gasteiger partial charge on any atom is 0.323 e. The summed E-state index contributed by atoms with van der Waals surface area (Å²) in [7, 11) is 1.48. The zero-order chi connectivity index (χ0) is 20.3. The first-order valence-electron chi connectivity index (χ1n) is 11.0. The number of rotatable bonds is 7. The van der Waals surface area contributed by atoms with Crippen LogP contribution in [0.2, 0.25) is 24.2 Å². The summed E-state index contributed by atoms with van der Waals surface area (Å²) in [6.07, 6.45) is 5.86. The van der Waals surface area contributed by atoms with Crippen LogP contribution in [0.15, 0.2) is 0 Å². The monoisotopic (exact) mass is 396 g/mol. The first kappa shape index (κ1) is 22.4. The molecule has 2 rings (SSSR count). The van der Waals surface area contributed by atoms with Crippen molar-refractivity contribution in [1.29, 1.82) is 0 Å². The van der Waals surface area contributed by atoms with Crippen LogP contribution in [-0.4, -0.2) is 34.2 Å². The van der Waals surface area contributed by atoms with Crippen molar-refractivity contribution >= 4 is 20.0 Å². The molecule has 2 aliphatic rings. The molecule has 0 radical (unpaired) electrons. The van der Waals surface area contributed by atoms with E-state index in [1.165, 1.54) is 44.8 Å². The summed E-state index contributed by atoms with van der Waals surface area (Å²) < 4.78 is 10.5. The summed E-state index contributed by atoms with van der Waals surface area (Å²) in [5.41, 5.74) is -1.41. The molecule has 0 aromatic heterocycles. The summed E-state index contributed by atoms with van der Waals surface area (Å²) in [4.78, 5) is 26.3. The quantitative estimate of drug-likeness (QED) is 0.327. The van der Waals surface area contributed by atoms with E-state index in [9.17, 15) is 9.59 Å². The lowest BCUT2D eigenvalue weighted by atomic mass is 9.55. The van der Waals surface area contributed by atoms with E-state index in [4.69, 9.17) is 9.47 Å². The molecule has 2 atom stereocenters. The van der Waals surface area contributed by atoms with Crippen LogP contribution in [-0.2, 0) is 19.1 Å². The molecule has 5 heteroatoms. The number of methoxy groups -OCH3 is 2. The van der Waals surface area contributed by atoms with Crippen molar-refractivity contribution in [3.63, 3.8) is 0 Å². The largest absolute Gasteiger partial charge is 0.468 e. The van der Waals surface area contributed by atoms with Gasteiger partial charge in [-0.05, 0) is 31.1 Å². The number of ether oxygens (including phenoxy) is 2. The Morgan fingerprint density at radius 1 is 0.926 bits per heavy atom. The molecule has 0 N–H and O–H groups in total. The maximum absolute atomic E-state index is 13.2. The summed E-state index contributed by atoms with van der Waals surface area (Å²) in [6, 6.07) is 5.05. The number of carbonyl (C=O) groups is 2. The van der Waals surface area contributed by atoms with E-state index in [1.807, 2.05) is 0 Å². The average molecular weight is 397 g/mol. The second-order valence-electron chi connectivity index (χ2n) is 9.12. The van der Waals surface area contributed by atoms with E-state index in [0.29, 0.717) is 18.3 Å². The highest BCUT2D eigenvalue weighted by Crippen LogP contribution is 2.67. The van der Waals surface area contributed by atoms with Gasteiger partial charge in [-0.25, -0.2) is 0 Å². The third kappa shape index (κ3) is 3.38. The van der Waals surface area contributed by atoms with Gasteiger partial charge in [0, 0.05) is 5.41 Å². The highest BCUT2D eigenvalue weighted by Gasteiger charge is 2.71. The van der Waals surface area contributed by atoms with Gasteiger partial charge in [0.2, 0.25) is 0 Å².